The molecule has 0 aliphatic rings. The number of carboxylic acids is 1. The highest BCUT2D eigenvalue weighted by atomic mass is 16.4. The number of amides is 5. The zero-order valence-corrected chi connectivity index (χ0v) is 21.6. The van der Waals surface area contributed by atoms with Gasteiger partial charge in [-0.05, 0) is 30.7 Å². The maximum Gasteiger partial charge on any atom is 0.326 e. The highest BCUT2D eigenvalue weighted by Gasteiger charge is 2.31. The molecule has 0 saturated carbocycles. The molecule has 0 radical (unpaired) electrons. The molecule has 1 aromatic rings. The molecule has 13 nitrogen and oxygen atoms in total. The van der Waals surface area contributed by atoms with E-state index in [1.807, 2.05) is 13.8 Å². The standard InChI is InChI=1S/C25H38N6O7/c1-14(2)12-18(24(36)31-19(25(37)38)13-15-6-4-3-5-7-15)30-23(35)17(9-11-21(28)33)29-22(34)16(26)8-10-20(27)32/h3-7,14,16-19H,8-13,26H2,1-2H3,(H2,27,32)(H2,28,33)(H,29,34)(H,30,35)(H,31,36)(H,37,38). The second kappa shape index (κ2) is 16.0. The zero-order chi connectivity index (χ0) is 28.8. The number of hydrogen-bond acceptors (Lipinski definition) is 7. The van der Waals surface area contributed by atoms with Crippen molar-refractivity contribution in [3.63, 3.8) is 0 Å². The number of carbonyl (C=O) groups excluding carboxylic acids is 5. The Hall–Kier alpha value is -4.00. The molecule has 0 aromatic heterocycles. The van der Waals surface area contributed by atoms with Gasteiger partial charge in [-0.15, -0.1) is 0 Å². The SMILES string of the molecule is CC(C)CC(NC(=O)C(CCC(N)=O)NC(=O)C(N)CCC(N)=O)C(=O)NC(Cc1ccccc1)C(=O)O. The molecule has 1 aromatic carbocycles. The summed E-state index contributed by atoms with van der Waals surface area (Å²) in [6, 6.07) is 3.96. The number of benzene rings is 1. The topological polar surface area (TPSA) is 237 Å². The second-order valence-corrected chi connectivity index (χ2v) is 9.46. The van der Waals surface area contributed by atoms with E-state index in [4.69, 9.17) is 17.2 Å². The van der Waals surface area contributed by atoms with E-state index < -0.39 is 59.7 Å². The highest BCUT2D eigenvalue weighted by Crippen LogP contribution is 2.09. The van der Waals surface area contributed by atoms with Crippen molar-refractivity contribution in [3.05, 3.63) is 35.9 Å². The maximum absolute atomic E-state index is 13.1. The monoisotopic (exact) mass is 534 g/mol. The molecular formula is C25H38N6O7. The lowest BCUT2D eigenvalue weighted by Crippen LogP contribution is -2.57. The van der Waals surface area contributed by atoms with Gasteiger partial charge in [0.1, 0.15) is 18.1 Å². The van der Waals surface area contributed by atoms with Crippen molar-refractivity contribution < 1.29 is 33.9 Å². The lowest BCUT2D eigenvalue weighted by molar-refractivity contribution is -0.142. The number of primary amides is 2. The van der Waals surface area contributed by atoms with E-state index in [2.05, 4.69) is 16.0 Å². The minimum absolute atomic E-state index is 0.0325. The first kappa shape index (κ1) is 32.0. The molecule has 0 heterocycles. The fourth-order valence-corrected chi connectivity index (χ4v) is 3.56. The average Bonchev–Trinajstić information content (AvgIpc) is 2.83. The molecule has 0 aliphatic heterocycles. The summed E-state index contributed by atoms with van der Waals surface area (Å²) in [5.41, 5.74) is 16.7. The Kier molecular flexibility index (Phi) is 13.5. The summed E-state index contributed by atoms with van der Waals surface area (Å²) in [5, 5.41) is 17.1. The van der Waals surface area contributed by atoms with Crippen LogP contribution in [0.15, 0.2) is 30.3 Å². The molecule has 0 spiro atoms. The van der Waals surface area contributed by atoms with Gasteiger partial charge in [-0.1, -0.05) is 44.2 Å². The highest BCUT2D eigenvalue weighted by molar-refractivity contribution is 5.94. The molecule has 210 valence electrons. The summed E-state index contributed by atoms with van der Waals surface area (Å²) < 4.78 is 0. The first-order valence-corrected chi connectivity index (χ1v) is 12.3. The van der Waals surface area contributed by atoms with E-state index in [0.717, 1.165) is 0 Å². The number of rotatable bonds is 17. The molecule has 0 saturated heterocycles. The van der Waals surface area contributed by atoms with Crippen LogP contribution in [-0.2, 0) is 35.2 Å². The van der Waals surface area contributed by atoms with Crippen LogP contribution in [-0.4, -0.2) is 64.8 Å². The van der Waals surface area contributed by atoms with Gasteiger partial charge in [0, 0.05) is 19.3 Å². The molecule has 4 unspecified atom stereocenters. The summed E-state index contributed by atoms with van der Waals surface area (Å²) in [5.74, 6) is -4.92. The van der Waals surface area contributed by atoms with Crippen LogP contribution in [0.5, 0.6) is 0 Å². The van der Waals surface area contributed by atoms with Crippen molar-refractivity contribution in [1.82, 2.24) is 16.0 Å². The summed E-state index contributed by atoms with van der Waals surface area (Å²) in [6.45, 7) is 3.63. The maximum atomic E-state index is 13.1. The molecule has 0 bridgehead atoms. The van der Waals surface area contributed by atoms with Crippen molar-refractivity contribution in [2.24, 2.45) is 23.1 Å². The van der Waals surface area contributed by atoms with Gasteiger partial charge < -0.3 is 38.3 Å². The summed E-state index contributed by atoms with van der Waals surface area (Å²) in [6.07, 6.45) is -0.404. The Morgan fingerprint density at radius 2 is 1.26 bits per heavy atom. The lowest BCUT2D eigenvalue weighted by Gasteiger charge is -2.26. The third-order valence-electron chi connectivity index (χ3n) is 5.59. The van der Waals surface area contributed by atoms with Crippen LogP contribution in [0.1, 0.15) is 51.5 Å². The van der Waals surface area contributed by atoms with Gasteiger partial charge in [-0.3, -0.25) is 24.0 Å². The molecule has 4 atom stereocenters. The largest absolute Gasteiger partial charge is 0.480 e. The van der Waals surface area contributed by atoms with Crippen LogP contribution in [0, 0.1) is 5.92 Å². The third-order valence-corrected chi connectivity index (χ3v) is 5.59. The van der Waals surface area contributed by atoms with E-state index in [0.29, 0.717) is 5.56 Å². The molecule has 5 amide bonds. The minimum atomic E-state index is -1.27. The van der Waals surface area contributed by atoms with Crippen molar-refractivity contribution in [3.8, 4) is 0 Å². The smallest absolute Gasteiger partial charge is 0.326 e. The molecule has 13 heteroatoms. The summed E-state index contributed by atoms with van der Waals surface area (Å²) in [7, 11) is 0. The van der Waals surface area contributed by atoms with E-state index in [1.54, 1.807) is 30.3 Å². The molecule has 10 N–H and O–H groups in total. The molecule has 0 aliphatic carbocycles. The van der Waals surface area contributed by atoms with E-state index in [1.165, 1.54) is 0 Å². The van der Waals surface area contributed by atoms with Crippen molar-refractivity contribution >= 4 is 35.5 Å². The molecular weight excluding hydrogens is 496 g/mol. The summed E-state index contributed by atoms with van der Waals surface area (Å²) in [4.78, 5) is 72.7. The predicted molar refractivity (Wildman–Crippen MR) is 138 cm³/mol. The van der Waals surface area contributed by atoms with E-state index in [-0.39, 0.29) is 44.4 Å². The third kappa shape index (κ3) is 12.3. The van der Waals surface area contributed by atoms with E-state index in [9.17, 15) is 33.9 Å². The van der Waals surface area contributed by atoms with Crippen molar-refractivity contribution in [1.29, 1.82) is 0 Å². The Bertz CT molecular complexity index is 986. The fraction of sp³-hybridized carbons (Fsp3) is 0.520. The Balaban J connectivity index is 3.01. The van der Waals surface area contributed by atoms with Crippen LogP contribution in [0.4, 0.5) is 0 Å². The molecule has 1 rings (SSSR count). The number of hydrogen-bond donors (Lipinski definition) is 7. The minimum Gasteiger partial charge on any atom is -0.480 e. The second-order valence-electron chi connectivity index (χ2n) is 9.46. The number of nitrogens with two attached hydrogens (primary N) is 3. The van der Waals surface area contributed by atoms with Gasteiger partial charge in [-0.25, -0.2) is 4.79 Å². The van der Waals surface area contributed by atoms with Crippen LogP contribution in [0.2, 0.25) is 0 Å². The number of aliphatic carboxylic acids is 1. The normalized spacial score (nSPS) is 14.0. The molecule has 0 fully saturated rings. The van der Waals surface area contributed by atoms with Crippen LogP contribution in [0.25, 0.3) is 0 Å². The Labute approximate surface area is 221 Å². The van der Waals surface area contributed by atoms with Crippen molar-refractivity contribution in [2.75, 3.05) is 0 Å². The van der Waals surface area contributed by atoms with Crippen LogP contribution >= 0.6 is 0 Å². The first-order valence-electron chi connectivity index (χ1n) is 12.3. The first-order chi connectivity index (χ1) is 17.8. The van der Waals surface area contributed by atoms with Crippen molar-refractivity contribution in [2.45, 2.75) is 76.5 Å². The number of carbonyl (C=O) groups is 6. The van der Waals surface area contributed by atoms with Gasteiger partial charge in [0.2, 0.25) is 29.5 Å². The van der Waals surface area contributed by atoms with Gasteiger partial charge in [0.05, 0.1) is 6.04 Å². The van der Waals surface area contributed by atoms with Gasteiger partial charge >= 0.3 is 5.97 Å². The quantitative estimate of drug-likeness (QED) is 0.126. The summed E-state index contributed by atoms with van der Waals surface area (Å²) >= 11 is 0. The van der Waals surface area contributed by atoms with Gasteiger partial charge in [-0.2, -0.15) is 0 Å². The van der Waals surface area contributed by atoms with E-state index >= 15 is 0 Å². The fourth-order valence-electron chi connectivity index (χ4n) is 3.56. The Morgan fingerprint density at radius 1 is 0.763 bits per heavy atom. The Morgan fingerprint density at radius 3 is 1.79 bits per heavy atom. The number of carboxylic acid groups (broad SMARTS) is 1. The molecule has 38 heavy (non-hydrogen) atoms. The van der Waals surface area contributed by atoms with Gasteiger partial charge in [0.25, 0.3) is 0 Å². The van der Waals surface area contributed by atoms with Gasteiger partial charge in [0.15, 0.2) is 0 Å². The number of nitrogens with one attached hydrogen (secondary N) is 3. The zero-order valence-electron chi connectivity index (χ0n) is 21.6. The van der Waals surface area contributed by atoms with Crippen LogP contribution in [0.3, 0.4) is 0 Å². The predicted octanol–water partition coefficient (Wildman–Crippen LogP) is -1.33. The van der Waals surface area contributed by atoms with Crippen LogP contribution < -0.4 is 33.2 Å². The lowest BCUT2D eigenvalue weighted by atomic mass is 10.0. The average molecular weight is 535 g/mol.